The summed E-state index contributed by atoms with van der Waals surface area (Å²) in [4.78, 5) is 21.4. The first-order chi connectivity index (χ1) is 6.95. The van der Waals surface area contributed by atoms with Crippen LogP contribution in [0, 0.1) is 10.1 Å². The Hall–Kier alpha value is -0.750. The van der Waals surface area contributed by atoms with E-state index in [1.807, 2.05) is 0 Å². The monoisotopic (exact) mass is 335 g/mol. The van der Waals surface area contributed by atoms with Crippen molar-refractivity contribution in [3.05, 3.63) is 38.3 Å². The number of alkyl halides is 1. The molecule has 0 N–H and O–H groups in total. The fraction of sp³-hybridized carbons (Fsp3) is 0.222. The molecule has 1 atom stereocenters. The molecule has 4 nitrogen and oxygen atoms in total. The highest BCUT2D eigenvalue weighted by atomic mass is 79.9. The van der Waals surface area contributed by atoms with Gasteiger partial charge in [-0.25, -0.2) is 0 Å². The molecule has 0 spiro atoms. The zero-order chi connectivity index (χ0) is 11.6. The van der Waals surface area contributed by atoms with Crippen LogP contribution in [0.4, 0.5) is 5.69 Å². The van der Waals surface area contributed by atoms with E-state index < -0.39 is 4.92 Å². The first-order valence-electron chi connectivity index (χ1n) is 4.06. The maximum absolute atomic E-state index is 11.6. The lowest BCUT2D eigenvalue weighted by Crippen LogP contribution is -2.11. The van der Waals surface area contributed by atoms with Gasteiger partial charge in [-0.2, -0.15) is 0 Å². The maximum atomic E-state index is 11.6. The first kappa shape index (κ1) is 12.3. The number of halogens is 2. The number of nitrogens with zero attached hydrogens (tertiary/aromatic N) is 1. The lowest BCUT2D eigenvalue weighted by atomic mass is 10.1. The zero-order valence-corrected chi connectivity index (χ0v) is 10.9. The molecule has 0 aliphatic rings. The molecule has 0 aliphatic carbocycles. The summed E-state index contributed by atoms with van der Waals surface area (Å²) in [6.07, 6.45) is 0. The van der Waals surface area contributed by atoms with Crippen LogP contribution in [0.2, 0.25) is 0 Å². The highest BCUT2D eigenvalue weighted by Gasteiger charge is 2.21. The van der Waals surface area contributed by atoms with E-state index in [0.29, 0.717) is 5.56 Å². The van der Waals surface area contributed by atoms with Gasteiger partial charge in [0.1, 0.15) is 4.47 Å². The van der Waals surface area contributed by atoms with Crippen molar-refractivity contribution in [2.75, 3.05) is 0 Å². The topological polar surface area (TPSA) is 60.2 Å². The molecule has 0 fully saturated rings. The van der Waals surface area contributed by atoms with Gasteiger partial charge in [-0.3, -0.25) is 14.9 Å². The molecule has 0 saturated heterocycles. The summed E-state index contributed by atoms with van der Waals surface area (Å²) in [6, 6.07) is 4.39. The van der Waals surface area contributed by atoms with Crippen molar-refractivity contribution in [3.63, 3.8) is 0 Å². The Morgan fingerprint density at radius 1 is 1.53 bits per heavy atom. The second kappa shape index (κ2) is 4.85. The van der Waals surface area contributed by atoms with Gasteiger partial charge in [0.25, 0.3) is 5.69 Å². The van der Waals surface area contributed by atoms with Crippen LogP contribution in [0.3, 0.4) is 0 Å². The number of ketones is 1. The van der Waals surface area contributed by atoms with E-state index in [0.717, 1.165) is 0 Å². The molecule has 1 unspecified atom stereocenters. The summed E-state index contributed by atoms with van der Waals surface area (Å²) < 4.78 is 0.228. The van der Waals surface area contributed by atoms with Gasteiger partial charge in [-0.05, 0) is 28.9 Å². The van der Waals surface area contributed by atoms with Gasteiger partial charge >= 0.3 is 0 Å². The van der Waals surface area contributed by atoms with Crippen molar-refractivity contribution in [1.82, 2.24) is 0 Å². The highest BCUT2D eigenvalue weighted by molar-refractivity contribution is 9.10. The third-order valence-corrected chi connectivity index (χ3v) is 3.05. The Morgan fingerprint density at radius 3 is 2.60 bits per heavy atom. The van der Waals surface area contributed by atoms with Crippen molar-refractivity contribution < 1.29 is 9.72 Å². The number of rotatable bonds is 3. The number of nitro groups is 1. The fourth-order valence-electron chi connectivity index (χ4n) is 1.07. The van der Waals surface area contributed by atoms with Crippen LogP contribution < -0.4 is 0 Å². The minimum absolute atomic E-state index is 0.103. The minimum Gasteiger partial charge on any atom is -0.293 e. The van der Waals surface area contributed by atoms with Gasteiger partial charge in [-0.1, -0.05) is 22.0 Å². The zero-order valence-electron chi connectivity index (χ0n) is 7.74. The number of Topliss-reactive ketones (excluding diaryl/α,β-unsaturated/α-hetero) is 1. The van der Waals surface area contributed by atoms with Gasteiger partial charge in [-0.15, -0.1) is 0 Å². The number of nitro benzene ring substituents is 1. The number of carbonyl (C=O) groups is 1. The largest absolute Gasteiger partial charge is 0.293 e. The average molecular weight is 337 g/mol. The second-order valence-corrected chi connectivity index (χ2v) is 5.04. The van der Waals surface area contributed by atoms with Gasteiger partial charge < -0.3 is 0 Å². The van der Waals surface area contributed by atoms with E-state index in [2.05, 4.69) is 31.9 Å². The maximum Gasteiger partial charge on any atom is 0.284 e. The van der Waals surface area contributed by atoms with E-state index in [4.69, 9.17) is 0 Å². The Balaban J connectivity index is 3.27. The van der Waals surface area contributed by atoms with E-state index in [-0.39, 0.29) is 20.8 Å². The highest BCUT2D eigenvalue weighted by Crippen LogP contribution is 2.29. The van der Waals surface area contributed by atoms with Gasteiger partial charge in [0, 0.05) is 11.6 Å². The number of carbonyl (C=O) groups excluding carboxylic acids is 1. The van der Waals surface area contributed by atoms with E-state index in [1.54, 1.807) is 13.0 Å². The molecule has 0 amide bonds. The molecule has 1 rings (SSSR count). The van der Waals surface area contributed by atoms with E-state index >= 15 is 0 Å². The Morgan fingerprint density at radius 2 is 2.13 bits per heavy atom. The van der Waals surface area contributed by atoms with Crippen LogP contribution in [0.1, 0.15) is 17.3 Å². The second-order valence-electron chi connectivity index (χ2n) is 2.88. The molecule has 15 heavy (non-hydrogen) atoms. The summed E-state index contributed by atoms with van der Waals surface area (Å²) in [6.45, 7) is 1.67. The third kappa shape index (κ3) is 2.63. The molecule has 80 valence electrons. The Kier molecular flexibility index (Phi) is 3.98. The molecule has 0 radical (unpaired) electrons. The lowest BCUT2D eigenvalue weighted by molar-refractivity contribution is -0.385. The third-order valence-electron chi connectivity index (χ3n) is 1.80. The van der Waals surface area contributed by atoms with Crippen molar-refractivity contribution in [2.45, 2.75) is 11.8 Å². The van der Waals surface area contributed by atoms with Crippen molar-refractivity contribution >= 4 is 43.3 Å². The van der Waals surface area contributed by atoms with Gasteiger partial charge in [0.15, 0.2) is 5.78 Å². The average Bonchev–Trinajstić information content (AvgIpc) is 2.16. The lowest BCUT2D eigenvalue weighted by Gasteiger charge is -2.05. The summed E-state index contributed by atoms with van der Waals surface area (Å²) in [5, 5.41) is 10.6. The Bertz CT molecular complexity index is 418. The van der Waals surface area contributed by atoms with E-state index in [1.165, 1.54) is 12.1 Å². The molecule has 0 aromatic heterocycles. The normalized spacial score (nSPS) is 12.2. The van der Waals surface area contributed by atoms with Crippen LogP contribution in [0.5, 0.6) is 0 Å². The smallest absolute Gasteiger partial charge is 0.284 e. The molecule has 0 saturated carbocycles. The SMILES string of the molecule is CC(Br)C(=O)c1cccc([N+](=O)[O-])c1Br. The van der Waals surface area contributed by atoms with E-state index in [9.17, 15) is 14.9 Å². The molecule has 0 aliphatic heterocycles. The number of benzene rings is 1. The molecule has 0 heterocycles. The summed E-state index contributed by atoms with van der Waals surface area (Å²) >= 11 is 6.20. The van der Waals surface area contributed by atoms with Crippen LogP contribution >= 0.6 is 31.9 Å². The van der Waals surface area contributed by atoms with Crippen molar-refractivity contribution in [3.8, 4) is 0 Å². The molecule has 0 bridgehead atoms. The first-order valence-corrected chi connectivity index (χ1v) is 5.77. The summed E-state index contributed by atoms with van der Waals surface area (Å²) in [5.41, 5.74) is 0.211. The summed E-state index contributed by atoms with van der Waals surface area (Å²) in [5.74, 6) is -0.189. The summed E-state index contributed by atoms with van der Waals surface area (Å²) in [7, 11) is 0. The fourth-order valence-corrected chi connectivity index (χ4v) is 1.92. The van der Waals surface area contributed by atoms with Crippen LogP contribution in [-0.2, 0) is 0 Å². The molecule has 1 aromatic rings. The van der Waals surface area contributed by atoms with Crippen LogP contribution in [0.25, 0.3) is 0 Å². The van der Waals surface area contributed by atoms with Gasteiger partial charge in [0.05, 0.1) is 9.75 Å². The quantitative estimate of drug-likeness (QED) is 0.368. The van der Waals surface area contributed by atoms with Crippen molar-refractivity contribution in [1.29, 1.82) is 0 Å². The number of hydrogen-bond donors (Lipinski definition) is 0. The molecular formula is C9H7Br2NO3. The van der Waals surface area contributed by atoms with Crippen LogP contribution in [-0.4, -0.2) is 15.5 Å². The predicted octanol–water partition coefficient (Wildman–Crippen LogP) is 3.32. The van der Waals surface area contributed by atoms with Crippen molar-refractivity contribution in [2.24, 2.45) is 0 Å². The number of hydrogen-bond acceptors (Lipinski definition) is 3. The minimum atomic E-state index is -0.528. The standard InChI is InChI=1S/C9H7Br2NO3/c1-5(10)9(13)6-3-2-4-7(8(6)11)12(14)15/h2-5H,1H3. The molecule has 6 heteroatoms. The Labute approximate surface area is 103 Å². The molecule has 1 aromatic carbocycles. The van der Waals surface area contributed by atoms with Gasteiger partial charge in [0.2, 0.25) is 0 Å². The van der Waals surface area contributed by atoms with Crippen LogP contribution in [0.15, 0.2) is 22.7 Å². The predicted molar refractivity (Wildman–Crippen MR) is 63.5 cm³/mol. The molecular weight excluding hydrogens is 330 g/mol.